The van der Waals surface area contributed by atoms with Gasteiger partial charge in [-0.05, 0) is 35.6 Å². The second-order valence-electron chi connectivity index (χ2n) is 4.41. The predicted octanol–water partition coefficient (Wildman–Crippen LogP) is 3.85. The molecule has 19 heavy (non-hydrogen) atoms. The van der Waals surface area contributed by atoms with Gasteiger partial charge in [-0.2, -0.15) is 0 Å². The number of hydrogen-bond donors (Lipinski definition) is 0. The van der Waals surface area contributed by atoms with Gasteiger partial charge >= 0.3 is 0 Å². The summed E-state index contributed by atoms with van der Waals surface area (Å²) in [6.07, 6.45) is 2.91. The summed E-state index contributed by atoms with van der Waals surface area (Å²) >= 11 is 0. The van der Waals surface area contributed by atoms with E-state index in [1.54, 1.807) is 6.08 Å². The number of aromatic nitrogens is 1. The van der Waals surface area contributed by atoms with E-state index in [-0.39, 0.29) is 5.29 Å². The van der Waals surface area contributed by atoms with E-state index in [1.807, 2.05) is 42.5 Å². The summed E-state index contributed by atoms with van der Waals surface area (Å²) in [5.41, 5.74) is 2.55. The highest BCUT2D eigenvalue weighted by Crippen LogP contribution is 2.34. The van der Waals surface area contributed by atoms with Crippen LogP contribution >= 0.6 is 0 Å². The first-order valence-electron chi connectivity index (χ1n) is 5.95. The molecular weight excluding hydrogens is 243 g/mol. The van der Waals surface area contributed by atoms with Crippen LogP contribution in [0.1, 0.15) is 5.56 Å². The summed E-state index contributed by atoms with van der Waals surface area (Å²) in [6, 6.07) is 13.6. The van der Waals surface area contributed by atoms with Crippen LogP contribution in [-0.4, -0.2) is 10.3 Å². The Bertz CT molecular complexity index is 829. The normalized spacial score (nSPS) is 13.6. The minimum absolute atomic E-state index is 0.205. The molecule has 0 spiro atoms. The number of fused-ring (bicyclic) bond motifs is 4. The number of rotatable bonds is 0. The first-order chi connectivity index (χ1) is 9.31. The molecular formula is C15H9FN2O. The fraction of sp³-hybridized carbons (Fsp3) is 0. The lowest BCUT2D eigenvalue weighted by Crippen LogP contribution is -2.14. The highest BCUT2D eigenvalue weighted by molar-refractivity contribution is 5.97. The van der Waals surface area contributed by atoms with Gasteiger partial charge in [-0.15, -0.1) is 0 Å². The molecule has 0 fully saturated rings. The van der Waals surface area contributed by atoms with E-state index in [2.05, 4.69) is 4.98 Å². The van der Waals surface area contributed by atoms with Crippen molar-refractivity contribution >= 4 is 27.9 Å². The van der Waals surface area contributed by atoms with Crippen molar-refractivity contribution in [3.05, 3.63) is 54.2 Å². The molecule has 0 unspecified atom stereocenters. The Morgan fingerprint density at radius 1 is 1.05 bits per heavy atom. The maximum Gasteiger partial charge on any atom is 0.175 e. The van der Waals surface area contributed by atoms with Gasteiger partial charge in [0.15, 0.2) is 5.75 Å². The van der Waals surface area contributed by atoms with Crippen LogP contribution in [0.25, 0.3) is 27.9 Å². The van der Waals surface area contributed by atoms with E-state index in [4.69, 9.17) is 4.84 Å². The van der Waals surface area contributed by atoms with E-state index >= 15 is 0 Å². The molecule has 2 aromatic carbocycles. The molecule has 0 saturated carbocycles. The van der Waals surface area contributed by atoms with Crippen LogP contribution in [0.2, 0.25) is 0 Å². The van der Waals surface area contributed by atoms with Gasteiger partial charge in [0, 0.05) is 16.3 Å². The molecule has 0 bridgehead atoms. The van der Waals surface area contributed by atoms with Crippen LogP contribution in [0.15, 0.2) is 48.7 Å². The number of hydroxylamine groups is 1. The van der Waals surface area contributed by atoms with Crippen molar-refractivity contribution in [2.45, 2.75) is 0 Å². The van der Waals surface area contributed by atoms with Gasteiger partial charge in [0.1, 0.15) is 0 Å². The first-order valence-corrected chi connectivity index (χ1v) is 5.95. The number of hydrogen-bond acceptors (Lipinski definition) is 3. The number of pyridine rings is 1. The van der Waals surface area contributed by atoms with Crippen molar-refractivity contribution in [3.8, 4) is 5.75 Å². The molecule has 92 valence electrons. The van der Waals surface area contributed by atoms with Gasteiger partial charge in [0.05, 0.1) is 17.2 Å². The third-order valence-electron chi connectivity index (χ3n) is 3.23. The smallest absolute Gasteiger partial charge is 0.175 e. The Morgan fingerprint density at radius 3 is 2.89 bits per heavy atom. The fourth-order valence-electron chi connectivity index (χ4n) is 2.33. The second kappa shape index (κ2) is 3.68. The standard InChI is InChI=1S/C15H9FN2O/c16-18-8-7-10-5-6-14-12(15(10)19-18)9-11-3-1-2-4-13(11)17-14/h1-9H. The maximum absolute atomic E-state index is 13.2. The third kappa shape index (κ3) is 1.53. The highest BCUT2D eigenvalue weighted by Gasteiger charge is 2.16. The summed E-state index contributed by atoms with van der Waals surface area (Å²) in [7, 11) is 0. The lowest BCUT2D eigenvalue weighted by atomic mass is 10.1. The van der Waals surface area contributed by atoms with Gasteiger partial charge in [-0.1, -0.05) is 22.7 Å². The lowest BCUT2D eigenvalue weighted by molar-refractivity contribution is -0.164. The van der Waals surface area contributed by atoms with E-state index in [9.17, 15) is 4.48 Å². The zero-order valence-electron chi connectivity index (χ0n) is 9.88. The molecule has 4 heteroatoms. The van der Waals surface area contributed by atoms with Gasteiger partial charge in [0.25, 0.3) is 0 Å². The van der Waals surface area contributed by atoms with Crippen LogP contribution in [0, 0.1) is 0 Å². The van der Waals surface area contributed by atoms with Crippen molar-refractivity contribution in [2.24, 2.45) is 0 Å². The molecule has 0 N–H and O–H groups in total. The minimum Gasteiger partial charge on any atom is -0.349 e. The van der Waals surface area contributed by atoms with Crippen molar-refractivity contribution in [1.82, 2.24) is 10.3 Å². The Kier molecular flexibility index (Phi) is 2.00. The average molecular weight is 252 g/mol. The van der Waals surface area contributed by atoms with E-state index in [0.717, 1.165) is 27.4 Å². The maximum atomic E-state index is 13.2. The van der Waals surface area contributed by atoms with Crippen molar-refractivity contribution in [3.63, 3.8) is 0 Å². The number of halogens is 1. The van der Waals surface area contributed by atoms with Crippen molar-refractivity contribution in [1.29, 1.82) is 0 Å². The van der Waals surface area contributed by atoms with Crippen LogP contribution in [0.5, 0.6) is 5.75 Å². The van der Waals surface area contributed by atoms with Crippen molar-refractivity contribution in [2.75, 3.05) is 0 Å². The summed E-state index contributed by atoms with van der Waals surface area (Å²) in [6.45, 7) is 0. The highest BCUT2D eigenvalue weighted by atomic mass is 19.2. The molecule has 2 heterocycles. The quantitative estimate of drug-likeness (QED) is 0.449. The van der Waals surface area contributed by atoms with Crippen LogP contribution in [0.4, 0.5) is 4.48 Å². The Labute approximate surface area is 108 Å². The SMILES string of the molecule is FN1C=Cc2ccc3nc4ccccc4cc3c2O1. The lowest BCUT2D eigenvalue weighted by Gasteiger charge is -2.18. The van der Waals surface area contributed by atoms with Gasteiger partial charge in [-0.3, -0.25) is 0 Å². The van der Waals surface area contributed by atoms with Crippen molar-refractivity contribution < 1.29 is 9.32 Å². The molecule has 1 aliphatic heterocycles. The fourth-order valence-corrected chi connectivity index (χ4v) is 2.33. The Hall–Kier alpha value is -2.62. The second-order valence-corrected chi connectivity index (χ2v) is 4.41. The largest absolute Gasteiger partial charge is 0.349 e. The number of nitrogens with zero attached hydrogens (tertiary/aromatic N) is 2. The molecule has 1 aliphatic rings. The third-order valence-corrected chi connectivity index (χ3v) is 3.23. The van der Waals surface area contributed by atoms with Crippen LogP contribution < -0.4 is 4.84 Å². The van der Waals surface area contributed by atoms with E-state index in [0.29, 0.717) is 5.75 Å². The van der Waals surface area contributed by atoms with E-state index in [1.165, 1.54) is 6.20 Å². The van der Waals surface area contributed by atoms with Gasteiger partial charge < -0.3 is 4.84 Å². The van der Waals surface area contributed by atoms with E-state index < -0.39 is 0 Å². The number of benzene rings is 2. The minimum atomic E-state index is 0.205. The van der Waals surface area contributed by atoms with Gasteiger partial charge in [-0.25, -0.2) is 4.98 Å². The Morgan fingerprint density at radius 2 is 1.95 bits per heavy atom. The van der Waals surface area contributed by atoms with Crippen LogP contribution in [0.3, 0.4) is 0 Å². The molecule has 0 saturated heterocycles. The Balaban J connectivity index is 2.10. The zero-order valence-corrected chi connectivity index (χ0v) is 9.88. The average Bonchev–Trinajstić information content (AvgIpc) is 2.45. The molecule has 4 rings (SSSR count). The zero-order chi connectivity index (χ0) is 12.8. The monoisotopic (exact) mass is 252 g/mol. The molecule has 1 aromatic heterocycles. The van der Waals surface area contributed by atoms with Gasteiger partial charge in [0.2, 0.25) is 0 Å². The molecule has 3 nitrogen and oxygen atoms in total. The molecule has 0 radical (unpaired) electrons. The summed E-state index contributed by atoms with van der Waals surface area (Å²) in [4.78, 5) is 9.70. The molecule has 0 atom stereocenters. The molecule has 0 amide bonds. The van der Waals surface area contributed by atoms with Crippen LogP contribution in [-0.2, 0) is 0 Å². The number of para-hydroxylation sites is 1. The summed E-state index contributed by atoms with van der Waals surface area (Å²) in [5.74, 6) is 0.501. The molecule has 3 aromatic rings. The summed E-state index contributed by atoms with van der Waals surface area (Å²) < 4.78 is 13.2. The first kappa shape index (κ1) is 10.3. The topological polar surface area (TPSA) is 25.4 Å². The molecule has 0 aliphatic carbocycles. The summed E-state index contributed by atoms with van der Waals surface area (Å²) in [5, 5.41) is 2.02. The predicted molar refractivity (Wildman–Crippen MR) is 71.9 cm³/mol.